The molecule has 0 fully saturated rings. The Bertz CT molecular complexity index is 690. The van der Waals surface area contributed by atoms with E-state index in [1.165, 1.54) is 107 Å². The van der Waals surface area contributed by atoms with Crippen molar-refractivity contribution in [3.8, 4) is 11.5 Å². The van der Waals surface area contributed by atoms with Crippen LogP contribution in [0.4, 0.5) is 0 Å². The van der Waals surface area contributed by atoms with Gasteiger partial charge in [-0.2, -0.15) is 0 Å². The lowest BCUT2D eigenvalue weighted by Crippen LogP contribution is -2.09. The lowest BCUT2D eigenvalue weighted by atomic mass is 10.0. The minimum absolute atomic E-state index is 0.566. The highest BCUT2D eigenvalue weighted by Gasteiger charge is 2.00. The number of ether oxygens (including phenoxy) is 2. The van der Waals surface area contributed by atoms with Crippen LogP contribution in [-0.2, 0) is 12.8 Å². The normalized spacial score (nSPS) is 11.0. The Morgan fingerprint density at radius 2 is 0.758 bits per heavy atom. The molecule has 0 N–H and O–H groups in total. The van der Waals surface area contributed by atoms with E-state index in [4.69, 9.17) is 9.47 Å². The molecule has 33 heavy (non-hydrogen) atoms. The lowest BCUT2D eigenvalue weighted by Gasteiger charge is -2.10. The third kappa shape index (κ3) is 13.4. The predicted octanol–water partition coefficient (Wildman–Crippen LogP) is 9.34. The highest BCUT2D eigenvalue weighted by molar-refractivity contribution is 5.28. The molecular formula is C31H48O2. The Hall–Kier alpha value is -1.96. The van der Waals surface area contributed by atoms with E-state index in [2.05, 4.69) is 62.4 Å². The summed E-state index contributed by atoms with van der Waals surface area (Å²) in [7, 11) is 0. The summed E-state index contributed by atoms with van der Waals surface area (Å²) in [5.74, 6) is 1.85. The molecule has 0 aliphatic carbocycles. The van der Waals surface area contributed by atoms with Crippen molar-refractivity contribution in [2.24, 2.45) is 0 Å². The predicted molar refractivity (Wildman–Crippen MR) is 143 cm³/mol. The average Bonchev–Trinajstić information content (AvgIpc) is 2.85. The summed E-state index contributed by atoms with van der Waals surface area (Å²) in [6.07, 6.45) is 19.9. The summed E-state index contributed by atoms with van der Waals surface area (Å²) in [5, 5.41) is 0. The van der Waals surface area contributed by atoms with Crippen molar-refractivity contribution in [1.82, 2.24) is 0 Å². The molecular weight excluding hydrogens is 404 g/mol. The molecule has 0 spiro atoms. The first-order valence-electron chi connectivity index (χ1n) is 13.7. The molecule has 0 aromatic heterocycles. The van der Waals surface area contributed by atoms with Gasteiger partial charge in [-0.3, -0.25) is 0 Å². The molecule has 0 aliphatic heterocycles. The van der Waals surface area contributed by atoms with Gasteiger partial charge < -0.3 is 9.47 Å². The van der Waals surface area contributed by atoms with Gasteiger partial charge in [0.25, 0.3) is 0 Å². The minimum Gasteiger partial charge on any atom is -0.490 e. The number of hydrogen-bond donors (Lipinski definition) is 0. The van der Waals surface area contributed by atoms with Crippen molar-refractivity contribution < 1.29 is 9.47 Å². The van der Waals surface area contributed by atoms with Crippen LogP contribution in [0.5, 0.6) is 11.5 Å². The van der Waals surface area contributed by atoms with Gasteiger partial charge in [-0.05, 0) is 61.1 Å². The average molecular weight is 453 g/mol. The number of unbranched alkanes of at least 4 members (excludes halogenated alkanes) is 11. The second kappa shape index (κ2) is 18.5. The molecule has 2 heteroatoms. The first-order chi connectivity index (χ1) is 16.3. The molecule has 184 valence electrons. The first kappa shape index (κ1) is 27.3. The van der Waals surface area contributed by atoms with E-state index in [-0.39, 0.29) is 0 Å². The molecule has 0 atom stereocenters. The Kier molecular flexibility index (Phi) is 15.3. The van der Waals surface area contributed by atoms with Crippen LogP contribution in [0.25, 0.3) is 0 Å². The van der Waals surface area contributed by atoms with Crippen molar-refractivity contribution in [2.75, 3.05) is 13.2 Å². The maximum Gasteiger partial charge on any atom is 0.122 e. The molecule has 0 amide bonds. The molecule has 2 aromatic carbocycles. The van der Waals surface area contributed by atoms with E-state index >= 15 is 0 Å². The van der Waals surface area contributed by atoms with Crippen LogP contribution in [0.3, 0.4) is 0 Å². The Morgan fingerprint density at radius 1 is 0.424 bits per heavy atom. The topological polar surface area (TPSA) is 18.5 Å². The second-order valence-electron chi connectivity index (χ2n) is 9.37. The van der Waals surface area contributed by atoms with Crippen LogP contribution in [0, 0.1) is 0 Å². The highest BCUT2D eigenvalue weighted by atomic mass is 16.5. The zero-order valence-corrected chi connectivity index (χ0v) is 21.5. The number of aryl methyl sites for hydroxylation is 2. The van der Waals surface area contributed by atoms with E-state index in [9.17, 15) is 0 Å². The van der Waals surface area contributed by atoms with Crippen molar-refractivity contribution in [3.63, 3.8) is 0 Å². The van der Waals surface area contributed by atoms with Crippen LogP contribution >= 0.6 is 0 Å². The lowest BCUT2D eigenvalue weighted by molar-refractivity contribution is 0.217. The van der Waals surface area contributed by atoms with Gasteiger partial charge in [0.1, 0.15) is 24.7 Å². The number of rotatable bonds is 20. The van der Waals surface area contributed by atoms with E-state index in [0.29, 0.717) is 13.2 Å². The fourth-order valence-corrected chi connectivity index (χ4v) is 4.22. The molecule has 0 unspecified atom stereocenters. The third-order valence-corrected chi connectivity index (χ3v) is 6.36. The van der Waals surface area contributed by atoms with Crippen molar-refractivity contribution in [3.05, 3.63) is 59.7 Å². The molecule has 2 nitrogen and oxygen atoms in total. The fraction of sp³-hybridized carbons (Fsp3) is 0.613. The van der Waals surface area contributed by atoms with Gasteiger partial charge >= 0.3 is 0 Å². The maximum atomic E-state index is 5.86. The van der Waals surface area contributed by atoms with Crippen LogP contribution < -0.4 is 9.47 Å². The molecule has 0 radical (unpaired) electrons. The van der Waals surface area contributed by atoms with Gasteiger partial charge in [-0.1, -0.05) is 109 Å². The first-order valence-corrected chi connectivity index (χ1v) is 13.7. The minimum atomic E-state index is 0.566. The van der Waals surface area contributed by atoms with E-state index in [1.807, 2.05) is 0 Å². The van der Waals surface area contributed by atoms with E-state index in [0.717, 1.165) is 11.5 Å². The summed E-state index contributed by atoms with van der Waals surface area (Å²) >= 11 is 0. The summed E-state index contributed by atoms with van der Waals surface area (Å²) in [4.78, 5) is 0. The van der Waals surface area contributed by atoms with Gasteiger partial charge in [-0.25, -0.2) is 0 Å². The van der Waals surface area contributed by atoms with Gasteiger partial charge in [0.2, 0.25) is 0 Å². The summed E-state index contributed by atoms with van der Waals surface area (Å²) in [6, 6.07) is 17.2. The van der Waals surface area contributed by atoms with Crippen LogP contribution in [0.2, 0.25) is 0 Å². The molecule has 0 aliphatic rings. The van der Waals surface area contributed by atoms with E-state index in [1.54, 1.807) is 0 Å². The standard InChI is InChI=1S/C31H48O2/c1-3-5-7-9-11-13-15-17-29-20-24-31(25-21-29)33-27-26-32-30-22-18-28(19-23-30)16-14-12-10-8-6-4-2/h18-25H,3-17,26-27H2,1-2H3. The molecule has 0 saturated carbocycles. The van der Waals surface area contributed by atoms with Gasteiger partial charge in [0.05, 0.1) is 0 Å². The second-order valence-corrected chi connectivity index (χ2v) is 9.37. The number of benzene rings is 2. The quantitative estimate of drug-likeness (QED) is 0.186. The molecule has 0 heterocycles. The highest BCUT2D eigenvalue weighted by Crippen LogP contribution is 2.17. The van der Waals surface area contributed by atoms with Crippen molar-refractivity contribution in [2.45, 2.75) is 110 Å². The molecule has 0 saturated heterocycles. The van der Waals surface area contributed by atoms with Crippen LogP contribution in [0.15, 0.2) is 48.5 Å². The number of hydrogen-bond acceptors (Lipinski definition) is 2. The summed E-state index contributed by atoms with van der Waals surface area (Å²) in [5.41, 5.74) is 2.82. The van der Waals surface area contributed by atoms with Crippen LogP contribution in [-0.4, -0.2) is 13.2 Å². The molecule has 2 rings (SSSR count). The zero-order valence-electron chi connectivity index (χ0n) is 21.5. The fourth-order valence-electron chi connectivity index (χ4n) is 4.22. The van der Waals surface area contributed by atoms with Crippen molar-refractivity contribution in [1.29, 1.82) is 0 Å². The third-order valence-electron chi connectivity index (χ3n) is 6.36. The SMILES string of the molecule is CCCCCCCCCc1ccc(OCCOc2ccc(CCCCCCCC)cc2)cc1. The smallest absolute Gasteiger partial charge is 0.122 e. The van der Waals surface area contributed by atoms with Crippen LogP contribution in [0.1, 0.15) is 108 Å². The van der Waals surface area contributed by atoms with E-state index < -0.39 is 0 Å². The largest absolute Gasteiger partial charge is 0.490 e. The monoisotopic (exact) mass is 452 g/mol. The Morgan fingerprint density at radius 3 is 1.12 bits per heavy atom. The maximum absolute atomic E-state index is 5.86. The molecule has 2 aromatic rings. The Balaban J connectivity index is 1.52. The van der Waals surface area contributed by atoms with Gasteiger partial charge in [0.15, 0.2) is 0 Å². The van der Waals surface area contributed by atoms with Gasteiger partial charge in [0, 0.05) is 0 Å². The summed E-state index contributed by atoms with van der Waals surface area (Å²) < 4.78 is 11.7. The molecule has 0 bridgehead atoms. The zero-order chi connectivity index (χ0) is 23.4. The van der Waals surface area contributed by atoms with Gasteiger partial charge in [-0.15, -0.1) is 0 Å². The Labute approximate surface area is 204 Å². The van der Waals surface area contributed by atoms with Crippen molar-refractivity contribution >= 4 is 0 Å². The summed E-state index contributed by atoms with van der Waals surface area (Å²) in [6.45, 7) is 5.68.